The summed E-state index contributed by atoms with van der Waals surface area (Å²) in [6.07, 6.45) is 9.49. The number of carbonyl (C=O) groups is 2. The van der Waals surface area contributed by atoms with Crippen LogP contribution in [0.2, 0.25) is 0 Å². The minimum atomic E-state index is -0.274. The molecule has 1 N–H and O–H groups in total. The first-order valence-corrected chi connectivity index (χ1v) is 17.2. The Hall–Kier alpha value is -3.22. The number of aryl methyl sites for hydroxylation is 2. The molecule has 2 aromatic carbocycles. The molecule has 0 spiro atoms. The van der Waals surface area contributed by atoms with Crippen LogP contribution in [0, 0.1) is 31.6 Å². The molecule has 3 fully saturated rings. The highest BCUT2D eigenvalue weighted by Gasteiger charge is 2.58. The molecular formula is C39H50N2O4. The monoisotopic (exact) mass is 610 g/mol. The van der Waals surface area contributed by atoms with Crippen LogP contribution in [0.4, 0.5) is 0 Å². The van der Waals surface area contributed by atoms with Gasteiger partial charge in [-0.3, -0.25) is 19.4 Å². The molecule has 0 bridgehead atoms. The Morgan fingerprint density at radius 1 is 0.978 bits per heavy atom. The van der Waals surface area contributed by atoms with Gasteiger partial charge in [-0.1, -0.05) is 67.8 Å². The minimum absolute atomic E-state index is 0.00294. The number of benzene rings is 2. The first-order valence-electron chi connectivity index (χ1n) is 17.2. The van der Waals surface area contributed by atoms with Gasteiger partial charge in [-0.05, 0) is 98.8 Å². The van der Waals surface area contributed by atoms with Crippen LogP contribution in [-0.2, 0) is 20.9 Å². The summed E-state index contributed by atoms with van der Waals surface area (Å²) in [6, 6.07) is 14.6. The van der Waals surface area contributed by atoms with E-state index in [1.165, 1.54) is 22.3 Å². The van der Waals surface area contributed by atoms with Gasteiger partial charge >= 0.3 is 0 Å². The lowest BCUT2D eigenvalue weighted by molar-refractivity contribution is -0.144. The average Bonchev–Trinajstić information content (AvgIpc) is 3.57. The number of phenols is 1. The van der Waals surface area contributed by atoms with E-state index in [1.807, 2.05) is 19.9 Å². The van der Waals surface area contributed by atoms with Gasteiger partial charge < -0.3 is 9.84 Å². The molecule has 6 rings (SSSR count). The van der Waals surface area contributed by atoms with Gasteiger partial charge in [0.25, 0.3) is 0 Å². The molecule has 2 aromatic rings. The number of likely N-dealkylation sites (tertiary alicyclic amines) is 2. The van der Waals surface area contributed by atoms with Crippen molar-refractivity contribution in [1.82, 2.24) is 9.80 Å². The lowest BCUT2D eigenvalue weighted by Gasteiger charge is -2.36. The zero-order valence-electron chi connectivity index (χ0n) is 27.6. The zero-order chi connectivity index (χ0) is 31.7. The minimum Gasteiger partial charge on any atom is -0.507 e. The largest absolute Gasteiger partial charge is 0.507 e. The van der Waals surface area contributed by atoms with Crippen LogP contribution in [0.15, 0.2) is 59.2 Å². The van der Waals surface area contributed by atoms with E-state index in [4.69, 9.17) is 4.74 Å². The lowest BCUT2D eigenvalue weighted by Crippen LogP contribution is -2.47. The molecule has 3 aliphatic heterocycles. The van der Waals surface area contributed by atoms with Crippen molar-refractivity contribution < 1.29 is 19.4 Å². The molecule has 4 aliphatic rings. The number of amides is 2. The first-order chi connectivity index (χ1) is 21.8. The van der Waals surface area contributed by atoms with Crippen molar-refractivity contribution in [3.8, 4) is 5.75 Å². The number of carbonyl (C=O) groups excluding carboxylic acids is 2. The maximum atomic E-state index is 14.1. The van der Waals surface area contributed by atoms with E-state index < -0.39 is 0 Å². The summed E-state index contributed by atoms with van der Waals surface area (Å²) in [5.74, 6) is -0.00241. The van der Waals surface area contributed by atoms with Crippen molar-refractivity contribution >= 4 is 17.9 Å². The zero-order valence-corrected chi connectivity index (χ0v) is 27.6. The van der Waals surface area contributed by atoms with Crippen LogP contribution in [0.1, 0.15) is 87.5 Å². The molecule has 2 amide bonds. The third kappa shape index (κ3) is 6.41. The van der Waals surface area contributed by atoms with Gasteiger partial charge in [0.2, 0.25) is 11.8 Å². The molecule has 6 nitrogen and oxygen atoms in total. The summed E-state index contributed by atoms with van der Waals surface area (Å²) in [6.45, 7) is 11.6. The van der Waals surface area contributed by atoms with E-state index in [-0.39, 0.29) is 41.7 Å². The third-order valence-electron chi connectivity index (χ3n) is 10.8. The summed E-state index contributed by atoms with van der Waals surface area (Å²) in [5, 5.41) is 10.2. The highest BCUT2D eigenvalue weighted by Crippen LogP contribution is 2.51. The smallest absolute Gasteiger partial charge is 0.234 e. The Labute approximate surface area is 269 Å². The Morgan fingerprint density at radius 3 is 2.36 bits per heavy atom. The number of rotatable bonds is 10. The Balaban J connectivity index is 1.13. The van der Waals surface area contributed by atoms with Gasteiger partial charge in [0.1, 0.15) is 5.75 Å². The number of allylic oxidation sites excluding steroid dienone is 2. The van der Waals surface area contributed by atoms with Crippen molar-refractivity contribution in [2.24, 2.45) is 17.8 Å². The molecule has 45 heavy (non-hydrogen) atoms. The Morgan fingerprint density at radius 2 is 1.69 bits per heavy atom. The molecule has 4 atom stereocenters. The normalized spacial score (nSPS) is 26.1. The van der Waals surface area contributed by atoms with Gasteiger partial charge in [0.05, 0.1) is 24.5 Å². The molecule has 0 aromatic heterocycles. The number of fused-ring (bicyclic) bond motifs is 3. The molecule has 0 saturated carbocycles. The first kappa shape index (κ1) is 31.7. The summed E-state index contributed by atoms with van der Waals surface area (Å²) in [5.41, 5.74) is 8.29. The second kappa shape index (κ2) is 13.6. The Kier molecular flexibility index (Phi) is 9.62. The van der Waals surface area contributed by atoms with Crippen molar-refractivity contribution in [2.75, 3.05) is 19.7 Å². The second-order valence-electron chi connectivity index (χ2n) is 13.8. The van der Waals surface area contributed by atoms with Gasteiger partial charge in [-0.25, -0.2) is 0 Å². The predicted octanol–water partition coefficient (Wildman–Crippen LogP) is 7.36. The molecule has 240 valence electrons. The van der Waals surface area contributed by atoms with Crippen molar-refractivity contribution in [3.63, 3.8) is 0 Å². The number of hydrogen-bond acceptors (Lipinski definition) is 5. The number of phenolic OH excluding ortho intramolecular Hbond substituents is 1. The average molecular weight is 611 g/mol. The van der Waals surface area contributed by atoms with Crippen LogP contribution >= 0.6 is 0 Å². The van der Waals surface area contributed by atoms with Crippen LogP contribution < -0.4 is 0 Å². The van der Waals surface area contributed by atoms with Gasteiger partial charge in [-0.15, -0.1) is 0 Å². The van der Waals surface area contributed by atoms with E-state index in [0.717, 1.165) is 81.3 Å². The summed E-state index contributed by atoms with van der Waals surface area (Å²) in [4.78, 5) is 32.1. The fraction of sp³-hybridized carbons (Fsp3) is 0.538. The number of piperidine rings is 1. The van der Waals surface area contributed by atoms with Gasteiger partial charge in [-0.2, -0.15) is 0 Å². The van der Waals surface area contributed by atoms with E-state index in [1.54, 1.807) is 4.90 Å². The topological polar surface area (TPSA) is 70.1 Å². The molecule has 3 saturated heterocycles. The molecular weight excluding hydrogens is 560 g/mol. The Bertz CT molecular complexity index is 1450. The molecule has 3 heterocycles. The maximum Gasteiger partial charge on any atom is 0.234 e. The fourth-order valence-electron chi connectivity index (χ4n) is 8.59. The number of imide groups is 1. The lowest BCUT2D eigenvalue weighted by atomic mass is 9.69. The van der Waals surface area contributed by atoms with E-state index >= 15 is 0 Å². The number of nitrogens with zero attached hydrogens (tertiary/aromatic N) is 2. The SMILES string of the molecule is CCC/C(=C\c1cc(C)c(O)c(C)c1)CC[C@H]1OC[C@H]2C1=C(CC)C[C@H]1C(=O)N(C3CCN(Cc4ccccc4)CC3)C(=O)[C@H]12. The predicted molar refractivity (Wildman–Crippen MR) is 178 cm³/mol. The molecule has 0 unspecified atom stereocenters. The number of ether oxygens (including phenoxy) is 1. The highest BCUT2D eigenvalue weighted by molar-refractivity contribution is 6.06. The summed E-state index contributed by atoms with van der Waals surface area (Å²) < 4.78 is 6.50. The second-order valence-corrected chi connectivity index (χ2v) is 13.8. The van der Waals surface area contributed by atoms with Crippen LogP contribution in [-0.4, -0.2) is 58.6 Å². The third-order valence-corrected chi connectivity index (χ3v) is 10.8. The van der Waals surface area contributed by atoms with E-state index in [9.17, 15) is 14.7 Å². The maximum absolute atomic E-state index is 14.1. The molecule has 1 aliphatic carbocycles. The fourth-order valence-corrected chi connectivity index (χ4v) is 8.59. The van der Waals surface area contributed by atoms with Gasteiger partial charge in [0.15, 0.2) is 0 Å². The van der Waals surface area contributed by atoms with Crippen LogP contribution in [0.5, 0.6) is 5.75 Å². The van der Waals surface area contributed by atoms with E-state index in [2.05, 4.69) is 61.2 Å². The van der Waals surface area contributed by atoms with Crippen molar-refractivity contribution in [2.45, 2.75) is 97.8 Å². The molecule has 0 radical (unpaired) electrons. The highest BCUT2D eigenvalue weighted by atomic mass is 16.5. The standard InChI is InChI=1S/C39H50N2O4/c1-5-10-27(21-29-19-25(3)37(42)26(4)20-29)13-14-34-35-30(6-2)22-32-36(33(35)24-45-34)39(44)41(38(32)43)31-15-17-40(18-16-31)23-28-11-8-7-9-12-28/h7-9,11-12,19-21,31-34,36,42H,5-6,10,13-18,22-24H2,1-4H3/b27-21+/t32-,33+,34-,36-/m1/s1. The summed E-state index contributed by atoms with van der Waals surface area (Å²) in [7, 11) is 0. The quantitative estimate of drug-likeness (QED) is 0.225. The number of aromatic hydroxyl groups is 1. The van der Waals surface area contributed by atoms with Crippen molar-refractivity contribution in [1.29, 1.82) is 0 Å². The van der Waals surface area contributed by atoms with Crippen LogP contribution in [0.3, 0.4) is 0 Å². The van der Waals surface area contributed by atoms with Crippen molar-refractivity contribution in [3.05, 3.63) is 81.4 Å². The van der Waals surface area contributed by atoms with E-state index in [0.29, 0.717) is 18.8 Å². The van der Waals surface area contributed by atoms with Gasteiger partial charge in [0, 0.05) is 31.6 Å². The molecule has 6 heteroatoms. The van der Waals surface area contributed by atoms with Crippen LogP contribution in [0.25, 0.3) is 6.08 Å². The number of hydrogen-bond donors (Lipinski definition) is 1. The summed E-state index contributed by atoms with van der Waals surface area (Å²) >= 11 is 0.